The largest absolute Gasteiger partial charge is 0.501 e. The summed E-state index contributed by atoms with van der Waals surface area (Å²) < 4.78 is 5.00. The summed E-state index contributed by atoms with van der Waals surface area (Å²) in [5.74, 6) is 0.949. The second-order valence-electron chi connectivity index (χ2n) is 2.17. The number of hydrogen-bond acceptors (Lipinski definition) is 2. The molecule has 64 valence electrons. The highest BCUT2D eigenvalue weighted by Gasteiger charge is 1.87. The number of rotatable bonds is 4. The van der Waals surface area contributed by atoms with E-state index in [0.29, 0.717) is 0 Å². The summed E-state index contributed by atoms with van der Waals surface area (Å²) in [6.45, 7) is 4.10. The molecule has 0 spiro atoms. The highest BCUT2D eigenvalue weighted by molar-refractivity contribution is 8.02. The van der Waals surface area contributed by atoms with Gasteiger partial charge in [-0.2, -0.15) is 0 Å². The van der Waals surface area contributed by atoms with Crippen LogP contribution >= 0.6 is 11.8 Å². The van der Waals surface area contributed by atoms with Crippen molar-refractivity contribution in [1.29, 1.82) is 0 Å². The van der Waals surface area contributed by atoms with Crippen LogP contribution in [0.25, 0.3) is 0 Å². The number of thioether (sulfide) groups is 1. The van der Waals surface area contributed by atoms with Crippen molar-refractivity contribution >= 4 is 11.8 Å². The molecule has 0 amide bonds. The third-order valence-electron chi connectivity index (χ3n) is 1.44. The average Bonchev–Trinajstić information content (AvgIpc) is 2.06. The normalized spacial score (nSPS) is 13.5. The van der Waals surface area contributed by atoms with Gasteiger partial charge in [-0.05, 0) is 36.7 Å². The van der Waals surface area contributed by atoms with Crippen molar-refractivity contribution < 1.29 is 4.74 Å². The molecule has 0 radical (unpaired) electrons. The molecule has 0 aromatic carbocycles. The fraction of sp³-hybridized carbons (Fsp3) is 0.556. The number of allylic oxidation sites excluding steroid dienone is 4. The van der Waals surface area contributed by atoms with Crippen LogP contribution < -0.4 is 0 Å². The molecule has 0 fully saturated rings. The Labute approximate surface area is 73.5 Å². The van der Waals surface area contributed by atoms with Gasteiger partial charge in [-0.1, -0.05) is 6.92 Å². The highest BCUT2D eigenvalue weighted by atomic mass is 32.2. The molecule has 0 N–H and O–H groups in total. The van der Waals surface area contributed by atoms with Crippen molar-refractivity contribution in [3.05, 3.63) is 22.8 Å². The molecule has 11 heavy (non-hydrogen) atoms. The molecule has 0 rings (SSSR count). The minimum Gasteiger partial charge on any atom is -0.501 e. The highest BCUT2D eigenvalue weighted by Crippen LogP contribution is 2.15. The van der Waals surface area contributed by atoms with Gasteiger partial charge in [0, 0.05) is 0 Å². The van der Waals surface area contributed by atoms with Crippen LogP contribution in [0.1, 0.15) is 20.3 Å². The van der Waals surface area contributed by atoms with Gasteiger partial charge in [0.2, 0.25) is 0 Å². The van der Waals surface area contributed by atoms with Crippen LogP contribution in [0, 0.1) is 0 Å². The zero-order valence-electron chi connectivity index (χ0n) is 7.68. The Morgan fingerprint density at radius 2 is 2.09 bits per heavy atom. The zero-order valence-corrected chi connectivity index (χ0v) is 8.49. The second-order valence-corrected chi connectivity index (χ2v) is 3.10. The summed E-state index contributed by atoms with van der Waals surface area (Å²) in [5, 5.41) is 0. The van der Waals surface area contributed by atoms with Gasteiger partial charge < -0.3 is 4.74 Å². The smallest absolute Gasteiger partial charge is 0.0924 e. The monoisotopic (exact) mass is 172 g/mol. The van der Waals surface area contributed by atoms with E-state index in [9.17, 15) is 0 Å². The number of ether oxygens (including phenoxy) is 1. The van der Waals surface area contributed by atoms with E-state index in [2.05, 4.69) is 19.3 Å². The first-order chi connectivity index (χ1) is 5.24. The van der Waals surface area contributed by atoms with Crippen LogP contribution in [0.2, 0.25) is 0 Å². The van der Waals surface area contributed by atoms with Crippen molar-refractivity contribution in [3.8, 4) is 0 Å². The maximum Gasteiger partial charge on any atom is 0.0924 e. The van der Waals surface area contributed by atoms with Gasteiger partial charge in [-0.25, -0.2) is 0 Å². The molecule has 0 saturated carbocycles. The Morgan fingerprint density at radius 3 is 2.45 bits per heavy atom. The van der Waals surface area contributed by atoms with Gasteiger partial charge in [0.1, 0.15) is 0 Å². The Morgan fingerprint density at radius 1 is 1.45 bits per heavy atom. The lowest BCUT2D eigenvalue weighted by Gasteiger charge is -1.98. The lowest BCUT2D eigenvalue weighted by molar-refractivity contribution is 0.294. The molecule has 0 aliphatic carbocycles. The summed E-state index contributed by atoms with van der Waals surface area (Å²) in [6, 6.07) is 0. The van der Waals surface area contributed by atoms with Gasteiger partial charge >= 0.3 is 0 Å². The van der Waals surface area contributed by atoms with Crippen LogP contribution in [0.4, 0.5) is 0 Å². The Kier molecular flexibility index (Phi) is 6.13. The molecule has 2 heteroatoms. The lowest BCUT2D eigenvalue weighted by atomic mass is 10.3. The van der Waals surface area contributed by atoms with Crippen LogP contribution in [0.15, 0.2) is 22.8 Å². The fourth-order valence-electron chi connectivity index (χ4n) is 0.609. The van der Waals surface area contributed by atoms with E-state index in [1.807, 2.05) is 13.0 Å². The van der Waals surface area contributed by atoms with E-state index in [4.69, 9.17) is 4.74 Å². The third kappa shape index (κ3) is 4.96. The van der Waals surface area contributed by atoms with Crippen LogP contribution in [-0.4, -0.2) is 13.4 Å². The fourth-order valence-corrected chi connectivity index (χ4v) is 1.10. The van der Waals surface area contributed by atoms with Crippen LogP contribution in [0.5, 0.6) is 0 Å². The van der Waals surface area contributed by atoms with Crippen molar-refractivity contribution in [2.75, 3.05) is 13.4 Å². The maximum absolute atomic E-state index is 5.00. The number of hydrogen-bond donors (Lipinski definition) is 0. The first-order valence-corrected chi connectivity index (χ1v) is 4.92. The van der Waals surface area contributed by atoms with Crippen LogP contribution in [0.3, 0.4) is 0 Å². The van der Waals surface area contributed by atoms with Crippen molar-refractivity contribution in [2.45, 2.75) is 20.3 Å². The van der Waals surface area contributed by atoms with Gasteiger partial charge in [0.05, 0.1) is 12.9 Å². The quantitative estimate of drug-likeness (QED) is 0.476. The molecule has 0 aromatic heterocycles. The number of methoxy groups -OCH3 is 1. The Balaban J connectivity index is 4.06. The maximum atomic E-state index is 5.00. The molecule has 0 unspecified atom stereocenters. The minimum absolute atomic E-state index is 0.949. The van der Waals surface area contributed by atoms with E-state index in [0.717, 1.165) is 12.2 Å². The molecular weight excluding hydrogens is 156 g/mol. The summed E-state index contributed by atoms with van der Waals surface area (Å²) in [7, 11) is 1.68. The first kappa shape index (κ1) is 10.6. The van der Waals surface area contributed by atoms with Crippen molar-refractivity contribution in [1.82, 2.24) is 0 Å². The second kappa shape index (κ2) is 6.35. The van der Waals surface area contributed by atoms with Gasteiger partial charge in [0.25, 0.3) is 0 Å². The van der Waals surface area contributed by atoms with Crippen molar-refractivity contribution in [2.24, 2.45) is 0 Å². The standard InChI is InChI=1S/C9H16OS/c1-5-9(11-4)7-6-8(2)10-3/h6-7H,5H2,1-4H3/b8-6+,9-7+. The molecule has 0 bridgehead atoms. The van der Waals surface area contributed by atoms with E-state index < -0.39 is 0 Å². The summed E-state index contributed by atoms with van der Waals surface area (Å²) in [5.41, 5.74) is 0. The van der Waals surface area contributed by atoms with Crippen LogP contribution in [-0.2, 0) is 4.74 Å². The minimum atomic E-state index is 0.949. The summed E-state index contributed by atoms with van der Waals surface area (Å²) in [6.07, 6.45) is 7.28. The first-order valence-electron chi connectivity index (χ1n) is 3.70. The Bertz CT molecular complexity index is 153. The third-order valence-corrected chi connectivity index (χ3v) is 2.39. The van der Waals surface area contributed by atoms with Gasteiger partial charge in [-0.3, -0.25) is 0 Å². The molecule has 0 aliphatic rings. The van der Waals surface area contributed by atoms with E-state index in [1.54, 1.807) is 18.9 Å². The molecule has 0 atom stereocenters. The summed E-state index contributed by atoms with van der Waals surface area (Å²) >= 11 is 1.78. The lowest BCUT2D eigenvalue weighted by Crippen LogP contribution is -1.77. The average molecular weight is 172 g/mol. The topological polar surface area (TPSA) is 9.23 Å². The van der Waals surface area contributed by atoms with Crippen molar-refractivity contribution in [3.63, 3.8) is 0 Å². The summed E-state index contributed by atoms with van der Waals surface area (Å²) in [4.78, 5) is 1.38. The molecular formula is C9H16OS. The van der Waals surface area contributed by atoms with Gasteiger partial charge in [0.15, 0.2) is 0 Å². The molecule has 0 saturated heterocycles. The SMILES string of the molecule is CC/C(=C\C=C(/C)OC)SC. The molecule has 0 heterocycles. The Hall–Kier alpha value is -0.370. The molecule has 0 aromatic rings. The molecule has 0 aliphatic heterocycles. The molecule has 1 nitrogen and oxygen atoms in total. The predicted octanol–water partition coefficient (Wildman–Crippen LogP) is 3.19. The zero-order chi connectivity index (χ0) is 8.69. The van der Waals surface area contributed by atoms with E-state index in [1.165, 1.54) is 4.91 Å². The predicted molar refractivity (Wildman–Crippen MR) is 52.7 cm³/mol. The van der Waals surface area contributed by atoms with E-state index >= 15 is 0 Å². The van der Waals surface area contributed by atoms with Gasteiger partial charge in [-0.15, -0.1) is 11.8 Å². The van der Waals surface area contributed by atoms with E-state index in [-0.39, 0.29) is 0 Å².